The molecule has 4 fully saturated rings. The SMILES string of the molecule is c1ccc2c(c1)nc(Nc1ccc(C34CC5CC(CC(C5)C3)C4)cc1)c1nncn12. The van der Waals surface area contributed by atoms with Crippen LogP contribution in [0.2, 0.25) is 0 Å². The fourth-order valence-corrected chi connectivity index (χ4v) is 7.10. The van der Waals surface area contributed by atoms with Gasteiger partial charge in [0.25, 0.3) is 0 Å². The Labute approximate surface area is 175 Å². The molecule has 5 heteroatoms. The largest absolute Gasteiger partial charge is 0.337 e. The van der Waals surface area contributed by atoms with Crippen LogP contribution < -0.4 is 5.32 Å². The minimum absolute atomic E-state index is 0.439. The van der Waals surface area contributed by atoms with Gasteiger partial charge in [-0.25, -0.2) is 4.98 Å². The second-order valence-electron chi connectivity index (χ2n) is 9.87. The first-order chi connectivity index (χ1) is 14.8. The van der Waals surface area contributed by atoms with Gasteiger partial charge >= 0.3 is 0 Å². The van der Waals surface area contributed by atoms with Crippen molar-refractivity contribution in [1.29, 1.82) is 0 Å². The first-order valence-corrected chi connectivity index (χ1v) is 11.2. The molecule has 1 N–H and O–H groups in total. The maximum absolute atomic E-state index is 4.81. The number of anilines is 2. The summed E-state index contributed by atoms with van der Waals surface area (Å²) in [5, 5.41) is 11.9. The van der Waals surface area contributed by atoms with Crippen molar-refractivity contribution in [2.24, 2.45) is 17.8 Å². The summed E-state index contributed by atoms with van der Waals surface area (Å²) in [5.74, 6) is 3.65. The number of hydrogen-bond donors (Lipinski definition) is 1. The molecule has 2 aromatic heterocycles. The molecular weight excluding hydrogens is 370 g/mol. The van der Waals surface area contributed by atoms with Crippen molar-refractivity contribution in [2.75, 3.05) is 5.32 Å². The highest BCUT2D eigenvalue weighted by Crippen LogP contribution is 2.60. The Balaban J connectivity index is 1.23. The number of nitrogens with zero attached hydrogens (tertiary/aromatic N) is 4. The van der Waals surface area contributed by atoms with Crippen LogP contribution >= 0.6 is 0 Å². The third kappa shape index (κ3) is 2.44. The van der Waals surface area contributed by atoms with Crippen LogP contribution in [0.5, 0.6) is 0 Å². The minimum Gasteiger partial charge on any atom is -0.337 e. The van der Waals surface area contributed by atoms with Crippen LogP contribution in [0, 0.1) is 17.8 Å². The Morgan fingerprint density at radius 3 is 2.30 bits per heavy atom. The summed E-state index contributed by atoms with van der Waals surface area (Å²) < 4.78 is 1.99. The van der Waals surface area contributed by atoms with Gasteiger partial charge in [-0.15, -0.1) is 10.2 Å². The third-order valence-corrected chi connectivity index (χ3v) is 7.93. The Morgan fingerprint density at radius 1 is 0.867 bits per heavy atom. The zero-order valence-electron chi connectivity index (χ0n) is 17.0. The molecule has 0 aliphatic heterocycles. The lowest BCUT2D eigenvalue weighted by Crippen LogP contribution is -2.48. The van der Waals surface area contributed by atoms with Gasteiger partial charge in [-0.1, -0.05) is 24.3 Å². The predicted octanol–water partition coefficient (Wildman–Crippen LogP) is 5.49. The smallest absolute Gasteiger partial charge is 0.204 e. The Hall–Kier alpha value is -2.95. The molecule has 4 bridgehead atoms. The van der Waals surface area contributed by atoms with Crippen LogP contribution in [0.15, 0.2) is 54.9 Å². The van der Waals surface area contributed by atoms with Crippen LogP contribution in [0.3, 0.4) is 0 Å². The lowest BCUT2D eigenvalue weighted by atomic mass is 9.48. The molecule has 5 nitrogen and oxygen atoms in total. The molecule has 8 rings (SSSR count). The van der Waals surface area contributed by atoms with E-state index in [2.05, 4.69) is 39.8 Å². The zero-order chi connectivity index (χ0) is 19.7. The summed E-state index contributed by atoms with van der Waals surface area (Å²) >= 11 is 0. The normalized spacial score (nSPS) is 29.7. The van der Waals surface area contributed by atoms with Gasteiger partial charge in [0.1, 0.15) is 6.33 Å². The van der Waals surface area contributed by atoms with E-state index in [1.165, 1.54) is 38.5 Å². The molecule has 30 heavy (non-hydrogen) atoms. The molecule has 4 aliphatic rings. The maximum Gasteiger partial charge on any atom is 0.204 e. The molecule has 2 aromatic carbocycles. The number of para-hydroxylation sites is 2. The third-order valence-electron chi connectivity index (χ3n) is 7.93. The van der Waals surface area contributed by atoms with Crippen molar-refractivity contribution in [2.45, 2.75) is 43.9 Å². The number of aromatic nitrogens is 4. The average Bonchev–Trinajstić information content (AvgIpc) is 3.24. The highest BCUT2D eigenvalue weighted by atomic mass is 15.3. The van der Waals surface area contributed by atoms with Crippen molar-refractivity contribution < 1.29 is 0 Å². The molecule has 150 valence electrons. The summed E-state index contributed by atoms with van der Waals surface area (Å²) in [6.07, 6.45) is 10.4. The van der Waals surface area contributed by atoms with E-state index >= 15 is 0 Å². The lowest BCUT2D eigenvalue weighted by molar-refractivity contribution is -0.00518. The second kappa shape index (κ2) is 6.03. The summed E-state index contributed by atoms with van der Waals surface area (Å²) in [5.41, 5.74) is 5.73. The van der Waals surface area contributed by atoms with E-state index in [9.17, 15) is 0 Å². The number of hydrogen-bond acceptors (Lipinski definition) is 4. The van der Waals surface area contributed by atoms with Crippen molar-refractivity contribution in [1.82, 2.24) is 19.6 Å². The van der Waals surface area contributed by atoms with E-state index in [0.29, 0.717) is 5.41 Å². The standard InChI is InChI=1S/C25H25N5/c1-2-4-22-21(3-1)28-23(24-29-26-15-30(22)24)27-20-7-5-19(6-8-20)25-12-16-9-17(13-25)11-18(10-16)14-25/h1-8,15-18H,9-14H2,(H,27,28). The highest BCUT2D eigenvalue weighted by molar-refractivity contribution is 5.84. The molecule has 4 aliphatic carbocycles. The van der Waals surface area contributed by atoms with Crippen LogP contribution in [-0.4, -0.2) is 19.6 Å². The van der Waals surface area contributed by atoms with Crippen molar-refractivity contribution >= 4 is 28.2 Å². The topological polar surface area (TPSA) is 55.1 Å². The molecule has 0 spiro atoms. The summed E-state index contributed by atoms with van der Waals surface area (Å²) in [6.45, 7) is 0. The van der Waals surface area contributed by atoms with Crippen LogP contribution in [-0.2, 0) is 5.41 Å². The maximum atomic E-state index is 4.81. The van der Waals surface area contributed by atoms with Gasteiger partial charge in [0, 0.05) is 5.69 Å². The van der Waals surface area contributed by atoms with E-state index in [1.807, 2.05) is 28.7 Å². The quantitative estimate of drug-likeness (QED) is 0.498. The zero-order valence-corrected chi connectivity index (χ0v) is 17.0. The molecule has 4 aromatic rings. The van der Waals surface area contributed by atoms with Gasteiger partial charge in [-0.3, -0.25) is 4.40 Å². The first kappa shape index (κ1) is 16.8. The number of benzene rings is 2. The van der Waals surface area contributed by atoms with Crippen LogP contribution in [0.25, 0.3) is 16.7 Å². The Kier molecular flexibility index (Phi) is 3.38. The highest BCUT2D eigenvalue weighted by Gasteiger charge is 2.51. The molecule has 4 saturated carbocycles. The summed E-state index contributed by atoms with van der Waals surface area (Å²) in [6, 6.07) is 17.2. The molecule has 0 unspecified atom stereocenters. The van der Waals surface area contributed by atoms with Gasteiger partial charge in [-0.2, -0.15) is 0 Å². The van der Waals surface area contributed by atoms with Crippen molar-refractivity contribution in [3.63, 3.8) is 0 Å². The van der Waals surface area contributed by atoms with E-state index in [0.717, 1.165) is 45.9 Å². The van der Waals surface area contributed by atoms with Crippen LogP contribution in [0.1, 0.15) is 44.1 Å². The average molecular weight is 396 g/mol. The lowest BCUT2D eigenvalue weighted by Gasteiger charge is -2.57. The number of nitrogens with one attached hydrogen (secondary N) is 1. The van der Waals surface area contributed by atoms with Gasteiger partial charge in [0.05, 0.1) is 11.0 Å². The second-order valence-corrected chi connectivity index (χ2v) is 9.87. The molecule has 2 heterocycles. The van der Waals surface area contributed by atoms with E-state index in [4.69, 9.17) is 4.98 Å². The molecule has 0 amide bonds. The Morgan fingerprint density at radius 2 is 1.57 bits per heavy atom. The van der Waals surface area contributed by atoms with E-state index < -0.39 is 0 Å². The van der Waals surface area contributed by atoms with Crippen molar-refractivity contribution in [3.05, 3.63) is 60.4 Å². The fourth-order valence-electron chi connectivity index (χ4n) is 7.10. The van der Waals surface area contributed by atoms with Gasteiger partial charge in [-0.05, 0) is 91.5 Å². The molecule has 0 atom stereocenters. The molecule has 0 radical (unpaired) electrons. The van der Waals surface area contributed by atoms with Gasteiger partial charge in [0.15, 0.2) is 5.82 Å². The van der Waals surface area contributed by atoms with Gasteiger partial charge in [0.2, 0.25) is 5.65 Å². The van der Waals surface area contributed by atoms with Crippen LogP contribution in [0.4, 0.5) is 11.5 Å². The monoisotopic (exact) mass is 395 g/mol. The first-order valence-electron chi connectivity index (χ1n) is 11.2. The fraction of sp³-hybridized carbons (Fsp3) is 0.400. The Bertz CT molecular complexity index is 1220. The predicted molar refractivity (Wildman–Crippen MR) is 118 cm³/mol. The number of fused-ring (bicyclic) bond motifs is 3. The molecule has 0 saturated heterocycles. The van der Waals surface area contributed by atoms with E-state index in [1.54, 1.807) is 11.9 Å². The number of rotatable bonds is 3. The summed E-state index contributed by atoms with van der Waals surface area (Å²) in [4.78, 5) is 4.81. The van der Waals surface area contributed by atoms with E-state index in [-0.39, 0.29) is 0 Å². The minimum atomic E-state index is 0.439. The summed E-state index contributed by atoms with van der Waals surface area (Å²) in [7, 11) is 0. The molecular formula is C25H25N5. The van der Waals surface area contributed by atoms with Gasteiger partial charge < -0.3 is 5.32 Å². The van der Waals surface area contributed by atoms with Crippen molar-refractivity contribution in [3.8, 4) is 0 Å².